The molecule has 8 aromatic heterocycles. The third-order valence-corrected chi connectivity index (χ3v) is 30.8. The molecule has 0 aliphatic carbocycles. The highest BCUT2D eigenvalue weighted by molar-refractivity contribution is 6.16. The van der Waals surface area contributed by atoms with Gasteiger partial charge in [-0.2, -0.15) is 0 Å². The molecule has 18 aromatic carbocycles. The van der Waals surface area contributed by atoms with Crippen LogP contribution >= 0.6 is 0 Å². The zero-order chi connectivity index (χ0) is 103. The van der Waals surface area contributed by atoms with Crippen LogP contribution in [0.25, 0.3) is 233 Å². The second-order valence-electron chi connectivity index (χ2n) is 46.7. The minimum absolute atomic E-state index is 0.0413. The van der Waals surface area contributed by atoms with Crippen LogP contribution in [0.15, 0.2) is 400 Å². The topological polar surface area (TPSA) is 107 Å². The van der Waals surface area contributed by atoms with Crippen LogP contribution in [0.5, 0.6) is 0 Å². The smallest absolute Gasteiger partial charge is 0.166 e. The number of benzene rings is 18. The van der Waals surface area contributed by atoms with Crippen LogP contribution in [0.4, 0.5) is 0 Å². The number of aromatic nitrogens is 12. The third kappa shape index (κ3) is 15.9. The maximum absolute atomic E-state index is 5.75. The lowest BCUT2D eigenvalue weighted by atomic mass is 9.85. The first-order valence-electron chi connectivity index (χ1n) is 52.6. The van der Waals surface area contributed by atoms with Crippen molar-refractivity contribution in [2.45, 2.75) is 157 Å². The fourth-order valence-electron chi connectivity index (χ4n) is 22.8. The van der Waals surface area contributed by atoms with Gasteiger partial charge in [0.2, 0.25) is 0 Å². The van der Waals surface area contributed by atoms with Crippen molar-refractivity contribution in [3.8, 4) is 102 Å². The van der Waals surface area contributed by atoms with Crippen LogP contribution in [0.3, 0.4) is 0 Å². The zero-order valence-corrected chi connectivity index (χ0v) is 88.5. The van der Waals surface area contributed by atoms with Crippen molar-refractivity contribution < 1.29 is 0 Å². The highest BCUT2D eigenvalue weighted by Gasteiger charge is 2.33. The maximum atomic E-state index is 5.75. The number of rotatable bonds is 12. The molecule has 12 heteroatoms. The second-order valence-corrected chi connectivity index (χ2v) is 46.7. The fourth-order valence-corrected chi connectivity index (χ4v) is 22.8. The van der Waals surface area contributed by atoms with E-state index < -0.39 is 0 Å². The van der Waals surface area contributed by atoms with Gasteiger partial charge < -0.3 is 27.4 Å². The molecule has 12 nitrogen and oxygen atoms in total. The summed E-state index contributed by atoms with van der Waals surface area (Å²) in [7, 11) is 0. The minimum atomic E-state index is -0.0413. The van der Waals surface area contributed by atoms with Crippen LogP contribution < -0.4 is 0 Å². The first kappa shape index (κ1) is 93.8. The van der Waals surface area contributed by atoms with E-state index >= 15 is 0 Å². The molecule has 0 spiro atoms. The lowest BCUT2D eigenvalue weighted by Gasteiger charge is -2.20. The van der Waals surface area contributed by atoms with E-state index in [1.807, 2.05) is 0 Å². The number of hydrogen-bond donors (Lipinski definition) is 0. The molecule has 26 rings (SSSR count). The summed E-state index contributed by atoms with van der Waals surface area (Å²) in [5.74, 6) is 3.51. The Labute approximate surface area is 875 Å². The SMILES string of the molecule is CC(C)(C)c1ccc2c(c1)c1cc(C(C)(C)C)ccc1n2-c1ccccc1-c1nc(-c2ccccc2-n2c3ccc(C(C)(C)C)cc3c3cc(C(C)(C)C)ccc32)nc(-c2ccccc2-n2c3ccc(C(C)(C)C)cc3c3cc(C(C)(C)C)ccc32)n1.c1ccc(-n2c3ccccc3c3ccccc32)c(-c2nc(-c3ccccc3-n3c4ccccc4c4ccccc43)nc(-c3ccccc3-n3c4ccccc4c4ccccc43)n2)c1. The van der Waals surface area contributed by atoms with Gasteiger partial charge in [-0.1, -0.05) is 343 Å². The largest absolute Gasteiger partial charge is 0.309 e. The third-order valence-electron chi connectivity index (χ3n) is 30.8. The molecular formula is C138H120N12. The van der Waals surface area contributed by atoms with Crippen LogP contribution in [0.2, 0.25) is 0 Å². The molecule has 0 saturated carbocycles. The average Bonchev–Trinajstić information content (AvgIpc) is 1.56. The molecule has 0 N–H and O–H groups in total. The molecule has 0 radical (unpaired) electrons. The first-order chi connectivity index (χ1) is 72.2. The molecular weight excluding hydrogens is 1830 g/mol. The molecule has 150 heavy (non-hydrogen) atoms. The van der Waals surface area contributed by atoms with Gasteiger partial charge in [0.1, 0.15) is 0 Å². The highest BCUT2D eigenvalue weighted by Crippen LogP contribution is 2.49. The van der Waals surface area contributed by atoms with Gasteiger partial charge in [0, 0.05) is 98.0 Å². The summed E-state index contributed by atoms with van der Waals surface area (Å²) in [6, 6.07) is 146. The molecule has 0 amide bonds. The van der Waals surface area contributed by atoms with Crippen LogP contribution in [-0.4, -0.2) is 57.3 Å². The number of fused-ring (bicyclic) bond motifs is 18. The van der Waals surface area contributed by atoms with Crippen LogP contribution in [0, 0.1) is 0 Å². The monoisotopic (exact) mass is 1940 g/mol. The Morgan fingerprint density at radius 3 is 0.387 bits per heavy atom. The van der Waals surface area contributed by atoms with Gasteiger partial charge >= 0.3 is 0 Å². The van der Waals surface area contributed by atoms with Gasteiger partial charge in [-0.05, 0) is 248 Å². The molecule has 0 aliphatic rings. The number of nitrogens with zero attached hydrogens (tertiary/aromatic N) is 12. The molecule has 0 atom stereocenters. The van der Waals surface area contributed by atoms with Gasteiger partial charge in [-0.25, -0.2) is 29.9 Å². The Balaban J connectivity index is 0.000000163. The average molecular weight is 1950 g/mol. The second kappa shape index (κ2) is 35.3. The quantitative estimate of drug-likeness (QED) is 0.121. The Kier molecular flexibility index (Phi) is 22.1. The zero-order valence-electron chi connectivity index (χ0n) is 88.5. The summed E-state index contributed by atoms with van der Waals surface area (Å²) >= 11 is 0. The number of para-hydroxylation sites is 12. The van der Waals surface area contributed by atoms with Crippen molar-refractivity contribution in [1.82, 2.24) is 57.3 Å². The van der Waals surface area contributed by atoms with E-state index in [1.165, 1.54) is 98.0 Å². The van der Waals surface area contributed by atoms with Crippen molar-refractivity contribution in [3.05, 3.63) is 434 Å². The van der Waals surface area contributed by atoms with Crippen LogP contribution in [0.1, 0.15) is 158 Å². The molecule has 0 aliphatic heterocycles. The number of hydrogen-bond acceptors (Lipinski definition) is 6. The van der Waals surface area contributed by atoms with Crippen molar-refractivity contribution in [1.29, 1.82) is 0 Å². The predicted octanol–water partition coefficient (Wildman–Crippen LogP) is 36.1. The van der Waals surface area contributed by atoms with Crippen molar-refractivity contribution in [3.63, 3.8) is 0 Å². The Morgan fingerprint density at radius 2 is 0.247 bits per heavy atom. The molecule has 0 saturated heterocycles. The lowest BCUT2D eigenvalue weighted by molar-refractivity contribution is 0.590. The van der Waals surface area contributed by atoms with Gasteiger partial charge in [0.05, 0.1) is 100 Å². The summed E-state index contributed by atoms with van der Waals surface area (Å²) in [6.45, 7) is 41.4. The first-order valence-corrected chi connectivity index (χ1v) is 52.6. The highest BCUT2D eigenvalue weighted by atomic mass is 15.1. The standard InChI is InChI=1S/C81H84N6.C57H36N6/c1-76(2,3)49-31-37-67-58(43-49)59-44-50(77(4,5)6)32-38-68(59)85(67)64-28-22-19-25-55(64)73-82-74(56-26-20-23-29-65(56)86-69-39-33-51(78(7,8)9)45-60(69)61-46-52(79(10,11)12)34-40-70(61)86)84-75(83-73)57-27-21-24-30-66(57)87-71-41-35-53(80(13,14)15)47-62(71)63-48-54(81(16,17)18)36-42-72(63)87;1-10-28-46-37(19-1)38-20-2-11-29-47(38)61(46)52-34-16-7-25-43(52)55-58-56(44-26-8-17-35-53(44)62-48-30-12-3-21-39(48)40-22-4-13-31-49(40)62)60-57(59-55)45-27-9-18-36-54(45)63-50-32-14-5-23-41(50)42-24-6-15-33-51(42)63/h19-48H,1-18H3;1-36H. The summed E-state index contributed by atoms with van der Waals surface area (Å²) in [5.41, 5.74) is 32.4. The molecule has 26 aromatic rings. The van der Waals surface area contributed by atoms with Gasteiger partial charge in [-0.15, -0.1) is 0 Å². The molecule has 0 fully saturated rings. The summed E-state index contributed by atoms with van der Waals surface area (Å²) in [6.07, 6.45) is 0. The molecule has 0 bridgehead atoms. The van der Waals surface area contributed by atoms with Gasteiger partial charge in [-0.3, -0.25) is 0 Å². The summed E-state index contributed by atoms with van der Waals surface area (Å²) in [4.78, 5) is 33.7. The van der Waals surface area contributed by atoms with Crippen LogP contribution in [-0.2, 0) is 32.5 Å². The van der Waals surface area contributed by atoms with Crippen molar-refractivity contribution >= 4 is 131 Å². The van der Waals surface area contributed by atoms with Crippen molar-refractivity contribution in [2.24, 2.45) is 0 Å². The predicted molar refractivity (Wildman–Crippen MR) is 631 cm³/mol. The summed E-state index contributed by atoms with van der Waals surface area (Å²) in [5, 5.41) is 14.5. The molecule has 732 valence electrons. The van der Waals surface area contributed by atoms with E-state index in [9.17, 15) is 0 Å². The van der Waals surface area contributed by atoms with Gasteiger partial charge in [0.25, 0.3) is 0 Å². The maximum Gasteiger partial charge on any atom is 0.166 e. The normalized spacial score (nSPS) is 12.6. The van der Waals surface area contributed by atoms with Crippen molar-refractivity contribution in [2.75, 3.05) is 0 Å². The minimum Gasteiger partial charge on any atom is -0.309 e. The molecule has 0 unspecified atom stereocenters. The Morgan fingerprint density at radius 1 is 0.127 bits per heavy atom. The van der Waals surface area contributed by atoms with E-state index in [1.54, 1.807) is 0 Å². The van der Waals surface area contributed by atoms with E-state index in [0.29, 0.717) is 34.9 Å². The fraction of sp³-hybridized carbons (Fsp3) is 0.174. The Bertz CT molecular complexity index is 8690. The lowest BCUT2D eigenvalue weighted by Crippen LogP contribution is -2.10. The van der Waals surface area contributed by atoms with E-state index in [-0.39, 0.29) is 32.5 Å². The van der Waals surface area contributed by atoms with E-state index in [4.69, 9.17) is 29.9 Å². The Hall–Kier alpha value is -17.2. The van der Waals surface area contributed by atoms with E-state index in [2.05, 4.69) is 552 Å². The van der Waals surface area contributed by atoms with Gasteiger partial charge in [0.15, 0.2) is 34.9 Å². The summed E-state index contributed by atoms with van der Waals surface area (Å²) < 4.78 is 14.4. The van der Waals surface area contributed by atoms with E-state index in [0.717, 1.165) is 134 Å². The molecule has 8 heterocycles.